The topological polar surface area (TPSA) is 80.0 Å². The predicted octanol–water partition coefficient (Wildman–Crippen LogP) is 2.61. The van der Waals surface area contributed by atoms with Gasteiger partial charge in [0.15, 0.2) is 0 Å². The van der Waals surface area contributed by atoms with Crippen molar-refractivity contribution in [1.29, 1.82) is 0 Å². The zero-order valence-corrected chi connectivity index (χ0v) is 12.4. The fraction of sp³-hybridized carbons (Fsp3) is 0.118. The number of carbonyl (C=O) groups is 1. The molecule has 6 heteroatoms. The first kappa shape index (κ1) is 14.8. The molecule has 6 nitrogen and oxygen atoms in total. The number of hydrogen-bond acceptors (Lipinski definition) is 5. The molecule has 0 aliphatic carbocycles. The molecule has 0 bridgehead atoms. The van der Waals surface area contributed by atoms with Gasteiger partial charge < -0.3 is 15.1 Å². The molecule has 3 aromatic rings. The van der Waals surface area contributed by atoms with Gasteiger partial charge in [-0.25, -0.2) is 4.98 Å². The van der Waals surface area contributed by atoms with E-state index in [0.29, 0.717) is 18.8 Å². The summed E-state index contributed by atoms with van der Waals surface area (Å²) < 4.78 is 5.24. The quantitative estimate of drug-likeness (QED) is 0.731. The molecule has 23 heavy (non-hydrogen) atoms. The van der Waals surface area contributed by atoms with E-state index in [1.54, 1.807) is 30.9 Å². The maximum atomic E-state index is 12.0. The van der Waals surface area contributed by atoms with Crippen LogP contribution in [0.25, 0.3) is 0 Å². The van der Waals surface area contributed by atoms with Gasteiger partial charge in [0.05, 0.1) is 24.7 Å². The van der Waals surface area contributed by atoms with Crippen LogP contribution in [0.15, 0.2) is 65.7 Å². The van der Waals surface area contributed by atoms with Gasteiger partial charge in [-0.05, 0) is 42.0 Å². The molecule has 0 radical (unpaired) electrons. The highest BCUT2D eigenvalue weighted by Crippen LogP contribution is 2.09. The number of amides is 1. The van der Waals surface area contributed by atoms with E-state index in [1.807, 2.05) is 30.3 Å². The van der Waals surface area contributed by atoms with Gasteiger partial charge in [0, 0.05) is 18.9 Å². The molecule has 1 amide bonds. The van der Waals surface area contributed by atoms with Crippen LogP contribution < -0.4 is 10.6 Å². The molecule has 3 heterocycles. The normalized spacial score (nSPS) is 10.3. The van der Waals surface area contributed by atoms with Crippen molar-refractivity contribution >= 4 is 11.6 Å². The van der Waals surface area contributed by atoms with Gasteiger partial charge in [0.1, 0.15) is 11.5 Å². The summed E-state index contributed by atoms with van der Waals surface area (Å²) in [6.07, 6.45) is 6.65. The first-order valence-corrected chi connectivity index (χ1v) is 7.21. The Kier molecular flexibility index (Phi) is 4.63. The number of nitrogens with one attached hydrogen (secondary N) is 2. The van der Waals surface area contributed by atoms with Crippen LogP contribution in [-0.2, 0) is 13.1 Å². The van der Waals surface area contributed by atoms with Crippen molar-refractivity contribution in [2.24, 2.45) is 0 Å². The summed E-state index contributed by atoms with van der Waals surface area (Å²) in [5.41, 5.74) is 2.19. The molecule has 0 aliphatic heterocycles. The van der Waals surface area contributed by atoms with Gasteiger partial charge in [0.25, 0.3) is 5.91 Å². The Morgan fingerprint density at radius 2 is 1.96 bits per heavy atom. The van der Waals surface area contributed by atoms with E-state index in [0.717, 1.165) is 17.0 Å². The molecule has 116 valence electrons. The van der Waals surface area contributed by atoms with Crippen LogP contribution in [0.1, 0.15) is 21.8 Å². The monoisotopic (exact) mass is 308 g/mol. The number of anilines is 1. The fourth-order valence-electron chi connectivity index (χ4n) is 2.01. The molecule has 2 N–H and O–H groups in total. The molecule has 3 aromatic heterocycles. The van der Waals surface area contributed by atoms with Crippen LogP contribution >= 0.6 is 0 Å². The number of carbonyl (C=O) groups excluding carboxylic acids is 1. The minimum absolute atomic E-state index is 0.209. The Morgan fingerprint density at radius 1 is 1.09 bits per heavy atom. The van der Waals surface area contributed by atoms with E-state index in [-0.39, 0.29) is 5.91 Å². The minimum atomic E-state index is -0.209. The number of hydrogen-bond donors (Lipinski definition) is 2. The van der Waals surface area contributed by atoms with Gasteiger partial charge in [-0.2, -0.15) is 0 Å². The molecule has 0 aromatic carbocycles. The van der Waals surface area contributed by atoms with E-state index in [1.165, 1.54) is 0 Å². The molecule has 0 saturated heterocycles. The van der Waals surface area contributed by atoms with Crippen LogP contribution in [0.5, 0.6) is 0 Å². The summed E-state index contributed by atoms with van der Waals surface area (Å²) in [5.74, 6) is 0.628. The predicted molar refractivity (Wildman–Crippen MR) is 85.7 cm³/mol. The van der Waals surface area contributed by atoms with Crippen LogP contribution in [0.3, 0.4) is 0 Å². The van der Waals surface area contributed by atoms with Crippen molar-refractivity contribution in [2.45, 2.75) is 13.1 Å². The third-order valence-corrected chi connectivity index (χ3v) is 3.25. The third kappa shape index (κ3) is 4.16. The summed E-state index contributed by atoms with van der Waals surface area (Å²) in [5, 5.41) is 6.00. The Balaban J connectivity index is 1.53. The molecule has 0 spiro atoms. The van der Waals surface area contributed by atoms with Crippen molar-refractivity contribution in [3.8, 4) is 0 Å². The minimum Gasteiger partial charge on any atom is -0.467 e. The SMILES string of the molecule is O=C(NCc1ccncc1)c1ccc(NCc2ccco2)cn1. The Labute approximate surface area is 133 Å². The van der Waals surface area contributed by atoms with E-state index in [9.17, 15) is 4.79 Å². The Morgan fingerprint density at radius 3 is 2.65 bits per heavy atom. The van der Waals surface area contributed by atoms with Gasteiger partial charge in [0.2, 0.25) is 0 Å². The maximum absolute atomic E-state index is 12.0. The average molecular weight is 308 g/mol. The first-order valence-electron chi connectivity index (χ1n) is 7.21. The van der Waals surface area contributed by atoms with Crippen molar-refractivity contribution < 1.29 is 9.21 Å². The van der Waals surface area contributed by atoms with Gasteiger partial charge in [-0.3, -0.25) is 9.78 Å². The van der Waals surface area contributed by atoms with E-state index in [4.69, 9.17) is 4.42 Å². The second-order valence-corrected chi connectivity index (χ2v) is 4.90. The van der Waals surface area contributed by atoms with E-state index < -0.39 is 0 Å². The lowest BCUT2D eigenvalue weighted by molar-refractivity contribution is 0.0946. The molecule has 0 fully saturated rings. The maximum Gasteiger partial charge on any atom is 0.270 e. The zero-order valence-electron chi connectivity index (χ0n) is 12.4. The van der Waals surface area contributed by atoms with E-state index in [2.05, 4.69) is 20.6 Å². The molecular formula is C17H16N4O2. The summed E-state index contributed by atoms with van der Waals surface area (Å²) >= 11 is 0. The zero-order chi connectivity index (χ0) is 15.9. The van der Waals surface area contributed by atoms with Crippen molar-refractivity contribution in [1.82, 2.24) is 15.3 Å². The number of nitrogens with zero attached hydrogens (tertiary/aromatic N) is 2. The van der Waals surface area contributed by atoms with Crippen LogP contribution in [-0.4, -0.2) is 15.9 Å². The standard InChI is InChI=1S/C17H16N4O2/c22-17(21-10-13-5-7-18-8-6-13)16-4-3-14(11-20-16)19-12-15-2-1-9-23-15/h1-9,11,19H,10,12H2,(H,21,22). The molecule has 0 aliphatic rings. The Hall–Kier alpha value is -3.15. The largest absolute Gasteiger partial charge is 0.467 e. The van der Waals surface area contributed by atoms with Gasteiger partial charge in [-0.15, -0.1) is 0 Å². The summed E-state index contributed by atoms with van der Waals surface area (Å²) in [6, 6.07) is 10.9. The second kappa shape index (κ2) is 7.22. The van der Waals surface area contributed by atoms with Crippen molar-refractivity contribution in [3.63, 3.8) is 0 Å². The first-order chi connectivity index (χ1) is 11.3. The summed E-state index contributed by atoms with van der Waals surface area (Å²) in [4.78, 5) is 20.2. The lowest BCUT2D eigenvalue weighted by Gasteiger charge is -2.07. The second-order valence-electron chi connectivity index (χ2n) is 4.90. The number of rotatable bonds is 6. The number of furan rings is 1. The van der Waals surface area contributed by atoms with Gasteiger partial charge in [-0.1, -0.05) is 0 Å². The molecule has 0 atom stereocenters. The van der Waals surface area contributed by atoms with Crippen LogP contribution in [0.4, 0.5) is 5.69 Å². The lowest BCUT2D eigenvalue weighted by Crippen LogP contribution is -2.23. The highest BCUT2D eigenvalue weighted by molar-refractivity contribution is 5.92. The summed E-state index contributed by atoms with van der Waals surface area (Å²) in [7, 11) is 0. The number of aromatic nitrogens is 2. The number of pyridine rings is 2. The third-order valence-electron chi connectivity index (χ3n) is 3.25. The Bertz CT molecular complexity index is 740. The molecule has 3 rings (SSSR count). The fourth-order valence-corrected chi connectivity index (χ4v) is 2.01. The summed E-state index contributed by atoms with van der Waals surface area (Å²) in [6.45, 7) is 1.02. The van der Waals surface area contributed by atoms with Crippen LogP contribution in [0, 0.1) is 0 Å². The molecular weight excluding hydrogens is 292 g/mol. The van der Waals surface area contributed by atoms with Crippen molar-refractivity contribution in [3.05, 3.63) is 78.3 Å². The van der Waals surface area contributed by atoms with Gasteiger partial charge >= 0.3 is 0 Å². The highest BCUT2D eigenvalue weighted by Gasteiger charge is 2.07. The molecule has 0 saturated carbocycles. The molecule has 0 unspecified atom stereocenters. The van der Waals surface area contributed by atoms with Crippen molar-refractivity contribution in [2.75, 3.05) is 5.32 Å². The smallest absolute Gasteiger partial charge is 0.270 e. The lowest BCUT2D eigenvalue weighted by atomic mass is 10.2. The van der Waals surface area contributed by atoms with E-state index >= 15 is 0 Å². The van der Waals surface area contributed by atoms with Crippen LogP contribution in [0.2, 0.25) is 0 Å². The average Bonchev–Trinajstić information content (AvgIpc) is 3.13. The highest BCUT2D eigenvalue weighted by atomic mass is 16.3.